The van der Waals surface area contributed by atoms with E-state index >= 15 is 0 Å². The molecule has 0 aliphatic rings. The number of benzene rings is 2. The summed E-state index contributed by atoms with van der Waals surface area (Å²) in [6, 6.07) is 9.04. The molecule has 0 saturated heterocycles. The average Bonchev–Trinajstić information content (AvgIpc) is 2.58. The molecule has 122 valence electrons. The molecule has 24 heavy (non-hydrogen) atoms. The van der Waals surface area contributed by atoms with Crippen LogP contribution in [0.4, 0.5) is 5.69 Å². The van der Waals surface area contributed by atoms with Crippen LogP contribution in [0.1, 0.15) is 15.9 Å². The number of primary amides is 1. The first-order chi connectivity index (χ1) is 11.6. The summed E-state index contributed by atoms with van der Waals surface area (Å²) in [5, 5.41) is 5.16. The first-order valence-electron chi connectivity index (χ1n) is 7.26. The number of hydrogen-bond donors (Lipinski definition) is 2. The summed E-state index contributed by atoms with van der Waals surface area (Å²) < 4.78 is 0. The van der Waals surface area contributed by atoms with Crippen molar-refractivity contribution in [3.8, 4) is 0 Å². The standard InChI is InChI=1S/C17H14Cl2N4O/c18-13-3-1-10(7-14(13)19)5-6-22-15-4-2-11(17(20)24)16-12(15)8-21-9-23-16/h1-4,7-9,22H,5-6H2,(H2,20,24). The van der Waals surface area contributed by atoms with Crippen molar-refractivity contribution >= 4 is 45.7 Å². The Bertz CT molecular complexity index is 914. The molecule has 3 aromatic rings. The molecule has 2 aromatic carbocycles. The summed E-state index contributed by atoms with van der Waals surface area (Å²) in [5.41, 5.74) is 8.22. The van der Waals surface area contributed by atoms with Gasteiger partial charge in [0.05, 0.1) is 21.1 Å². The number of anilines is 1. The highest BCUT2D eigenvalue weighted by atomic mass is 35.5. The SMILES string of the molecule is NC(=O)c1ccc(NCCc2ccc(Cl)c(Cl)c2)c2cncnc12. The molecule has 0 fully saturated rings. The number of hydrogen-bond acceptors (Lipinski definition) is 4. The van der Waals surface area contributed by atoms with Crippen LogP contribution in [0.3, 0.4) is 0 Å². The maximum absolute atomic E-state index is 11.5. The highest BCUT2D eigenvalue weighted by molar-refractivity contribution is 6.42. The predicted octanol–water partition coefficient (Wildman–Crippen LogP) is 3.69. The quantitative estimate of drug-likeness (QED) is 0.726. The van der Waals surface area contributed by atoms with E-state index in [0.29, 0.717) is 27.7 Å². The van der Waals surface area contributed by atoms with Gasteiger partial charge < -0.3 is 11.1 Å². The van der Waals surface area contributed by atoms with Crippen LogP contribution in [-0.4, -0.2) is 22.4 Å². The molecule has 0 aliphatic heterocycles. The fraction of sp³-hybridized carbons (Fsp3) is 0.118. The number of nitrogens with zero attached hydrogens (tertiary/aromatic N) is 2. The fourth-order valence-electron chi connectivity index (χ4n) is 2.47. The van der Waals surface area contributed by atoms with E-state index in [1.807, 2.05) is 12.1 Å². The van der Waals surface area contributed by atoms with Crippen LogP contribution < -0.4 is 11.1 Å². The molecule has 0 bridgehead atoms. The Morgan fingerprint density at radius 2 is 2.00 bits per heavy atom. The van der Waals surface area contributed by atoms with Gasteiger partial charge in [-0.05, 0) is 36.2 Å². The number of fused-ring (bicyclic) bond motifs is 1. The maximum atomic E-state index is 11.5. The fourth-order valence-corrected chi connectivity index (χ4v) is 2.79. The number of rotatable bonds is 5. The zero-order valence-electron chi connectivity index (χ0n) is 12.6. The minimum atomic E-state index is -0.513. The number of aromatic nitrogens is 2. The zero-order valence-corrected chi connectivity index (χ0v) is 14.1. The van der Waals surface area contributed by atoms with Crippen molar-refractivity contribution in [3.05, 3.63) is 64.0 Å². The molecule has 0 aliphatic carbocycles. The van der Waals surface area contributed by atoms with Crippen LogP contribution in [0.15, 0.2) is 42.9 Å². The lowest BCUT2D eigenvalue weighted by Crippen LogP contribution is -2.13. The molecule has 0 radical (unpaired) electrons. The van der Waals surface area contributed by atoms with Gasteiger partial charge in [-0.1, -0.05) is 29.3 Å². The van der Waals surface area contributed by atoms with Gasteiger partial charge in [-0.3, -0.25) is 4.79 Å². The average molecular weight is 361 g/mol. The summed E-state index contributed by atoms with van der Waals surface area (Å²) in [6.45, 7) is 0.678. The van der Waals surface area contributed by atoms with Crippen LogP contribution in [0.25, 0.3) is 10.9 Å². The van der Waals surface area contributed by atoms with Gasteiger partial charge in [0.15, 0.2) is 0 Å². The molecule has 3 N–H and O–H groups in total. The normalized spacial score (nSPS) is 10.8. The lowest BCUT2D eigenvalue weighted by molar-refractivity contribution is 0.100. The molecule has 0 atom stereocenters. The minimum absolute atomic E-state index is 0.377. The van der Waals surface area contributed by atoms with Crippen LogP contribution >= 0.6 is 23.2 Å². The van der Waals surface area contributed by atoms with Crippen molar-refractivity contribution in [1.82, 2.24) is 9.97 Å². The van der Waals surface area contributed by atoms with Gasteiger partial charge in [-0.15, -0.1) is 0 Å². The highest BCUT2D eigenvalue weighted by Crippen LogP contribution is 2.25. The molecule has 1 amide bonds. The molecule has 1 heterocycles. The minimum Gasteiger partial charge on any atom is -0.384 e. The lowest BCUT2D eigenvalue weighted by Gasteiger charge is -2.11. The van der Waals surface area contributed by atoms with Crippen molar-refractivity contribution in [2.45, 2.75) is 6.42 Å². The third-order valence-electron chi connectivity index (χ3n) is 3.65. The van der Waals surface area contributed by atoms with E-state index in [2.05, 4.69) is 15.3 Å². The Hall–Kier alpha value is -2.37. The van der Waals surface area contributed by atoms with E-state index in [4.69, 9.17) is 28.9 Å². The van der Waals surface area contributed by atoms with Gasteiger partial charge in [0.25, 0.3) is 5.91 Å². The highest BCUT2D eigenvalue weighted by Gasteiger charge is 2.11. The van der Waals surface area contributed by atoms with Gasteiger partial charge in [0.2, 0.25) is 0 Å². The zero-order chi connectivity index (χ0) is 17.1. The number of nitrogens with two attached hydrogens (primary N) is 1. The van der Waals surface area contributed by atoms with Gasteiger partial charge >= 0.3 is 0 Å². The summed E-state index contributed by atoms with van der Waals surface area (Å²) in [4.78, 5) is 19.7. The second-order valence-corrected chi connectivity index (χ2v) is 6.05. The Labute approximate surface area is 148 Å². The Kier molecular flexibility index (Phi) is 4.83. The first-order valence-corrected chi connectivity index (χ1v) is 8.02. The van der Waals surface area contributed by atoms with Crippen molar-refractivity contribution in [2.24, 2.45) is 5.73 Å². The molecule has 0 saturated carbocycles. The van der Waals surface area contributed by atoms with E-state index in [1.54, 1.807) is 24.4 Å². The summed E-state index contributed by atoms with van der Waals surface area (Å²) in [6.07, 6.45) is 3.83. The van der Waals surface area contributed by atoms with E-state index in [1.165, 1.54) is 6.33 Å². The van der Waals surface area contributed by atoms with E-state index in [0.717, 1.165) is 23.1 Å². The van der Waals surface area contributed by atoms with Crippen molar-refractivity contribution < 1.29 is 4.79 Å². The second-order valence-electron chi connectivity index (χ2n) is 5.24. The van der Waals surface area contributed by atoms with E-state index in [9.17, 15) is 4.79 Å². The third kappa shape index (κ3) is 3.42. The number of nitrogens with one attached hydrogen (secondary N) is 1. The molecule has 0 spiro atoms. The Morgan fingerprint density at radius 3 is 2.75 bits per heavy atom. The lowest BCUT2D eigenvalue weighted by atomic mass is 10.1. The van der Waals surface area contributed by atoms with Gasteiger partial charge in [-0.2, -0.15) is 0 Å². The predicted molar refractivity (Wildman–Crippen MR) is 96.7 cm³/mol. The molecule has 7 heteroatoms. The van der Waals surface area contributed by atoms with Crippen LogP contribution in [0, 0.1) is 0 Å². The molecule has 5 nitrogen and oxygen atoms in total. The Balaban J connectivity index is 1.79. The molecular weight excluding hydrogens is 347 g/mol. The number of halogens is 2. The van der Waals surface area contributed by atoms with Gasteiger partial charge in [0.1, 0.15) is 6.33 Å². The smallest absolute Gasteiger partial charge is 0.250 e. The largest absolute Gasteiger partial charge is 0.384 e. The van der Waals surface area contributed by atoms with E-state index < -0.39 is 5.91 Å². The monoisotopic (exact) mass is 360 g/mol. The number of carbonyl (C=O) groups excluding carboxylic acids is 1. The third-order valence-corrected chi connectivity index (χ3v) is 4.39. The summed E-state index contributed by atoms with van der Waals surface area (Å²) >= 11 is 11.9. The first kappa shape index (κ1) is 16.5. The van der Waals surface area contributed by atoms with Crippen molar-refractivity contribution in [1.29, 1.82) is 0 Å². The van der Waals surface area contributed by atoms with Crippen LogP contribution in [-0.2, 0) is 6.42 Å². The maximum Gasteiger partial charge on any atom is 0.250 e. The molecule has 1 aromatic heterocycles. The van der Waals surface area contributed by atoms with Crippen molar-refractivity contribution in [3.63, 3.8) is 0 Å². The van der Waals surface area contributed by atoms with Crippen molar-refractivity contribution in [2.75, 3.05) is 11.9 Å². The molecule has 0 unspecified atom stereocenters. The number of carbonyl (C=O) groups is 1. The molecule has 3 rings (SSSR count). The van der Waals surface area contributed by atoms with Crippen LogP contribution in [0.5, 0.6) is 0 Å². The topological polar surface area (TPSA) is 80.9 Å². The van der Waals surface area contributed by atoms with Gasteiger partial charge in [-0.25, -0.2) is 9.97 Å². The summed E-state index contributed by atoms with van der Waals surface area (Å²) in [7, 11) is 0. The number of amides is 1. The molecular formula is C17H14Cl2N4O. The Morgan fingerprint density at radius 1 is 1.17 bits per heavy atom. The summed E-state index contributed by atoms with van der Waals surface area (Å²) in [5.74, 6) is -0.513. The van der Waals surface area contributed by atoms with Crippen LogP contribution in [0.2, 0.25) is 10.0 Å². The van der Waals surface area contributed by atoms with E-state index in [-0.39, 0.29) is 0 Å². The van der Waals surface area contributed by atoms with Gasteiger partial charge in [0, 0.05) is 23.8 Å². The second kappa shape index (κ2) is 7.03.